The van der Waals surface area contributed by atoms with Crippen molar-refractivity contribution in [3.05, 3.63) is 76.3 Å². The van der Waals surface area contributed by atoms with Crippen LogP contribution in [0.1, 0.15) is 10.4 Å². The van der Waals surface area contributed by atoms with Crippen LogP contribution < -0.4 is 5.32 Å². The molecule has 0 spiro atoms. The lowest BCUT2D eigenvalue weighted by atomic mass is 10.1. The molecule has 0 aliphatic rings. The van der Waals surface area contributed by atoms with Crippen LogP contribution >= 0.6 is 34.7 Å². The average Bonchev–Trinajstić information content (AvgIpc) is 3.36. The van der Waals surface area contributed by atoms with Crippen molar-refractivity contribution in [2.24, 2.45) is 0 Å². The van der Waals surface area contributed by atoms with Crippen molar-refractivity contribution < 1.29 is 4.79 Å². The molecule has 0 aliphatic carbocycles. The minimum absolute atomic E-state index is 0.165. The van der Waals surface area contributed by atoms with Gasteiger partial charge in [-0.3, -0.25) is 4.79 Å². The summed E-state index contributed by atoms with van der Waals surface area (Å²) in [5.41, 5.74) is 1.94. The number of carbonyl (C=O) groups excluding carboxylic acids is 1. The van der Waals surface area contributed by atoms with Crippen LogP contribution in [0.3, 0.4) is 0 Å². The maximum atomic E-state index is 12.3. The van der Waals surface area contributed by atoms with E-state index in [1.807, 2.05) is 54.6 Å². The number of thiazole rings is 1. The zero-order chi connectivity index (χ0) is 20.1. The zero-order valence-electron chi connectivity index (χ0n) is 15.0. The smallest absolute Gasteiger partial charge is 0.236 e. The predicted octanol–water partition coefficient (Wildman–Crippen LogP) is 4.09. The van der Waals surface area contributed by atoms with Crippen molar-refractivity contribution in [1.29, 1.82) is 0 Å². The number of halogens is 1. The van der Waals surface area contributed by atoms with Crippen LogP contribution in [0, 0.1) is 0 Å². The third-order valence-corrected chi connectivity index (χ3v) is 5.91. The van der Waals surface area contributed by atoms with Gasteiger partial charge in [0.25, 0.3) is 0 Å². The summed E-state index contributed by atoms with van der Waals surface area (Å²) in [6, 6.07) is 17.2. The van der Waals surface area contributed by atoms with Crippen molar-refractivity contribution >= 4 is 45.7 Å². The minimum atomic E-state index is -0.165. The molecule has 0 atom stereocenters. The van der Waals surface area contributed by atoms with Crippen molar-refractivity contribution in [2.75, 3.05) is 11.1 Å². The summed E-state index contributed by atoms with van der Waals surface area (Å²) in [5, 5.41) is 16.3. The summed E-state index contributed by atoms with van der Waals surface area (Å²) in [4.78, 5) is 17.6. The van der Waals surface area contributed by atoms with Gasteiger partial charge in [0, 0.05) is 22.5 Å². The lowest BCUT2D eigenvalue weighted by molar-refractivity contribution is -0.113. The number of benzene rings is 2. The molecule has 0 saturated carbocycles. The van der Waals surface area contributed by atoms with Gasteiger partial charge in [-0.25, -0.2) is 4.98 Å². The number of thioether (sulfide) groups is 1. The first kappa shape index (κ1) is 19.6. The Morgan fingerprint density at radius 2 is 2.03 bits per heavy atom. The van der Waals surface area contributed by atoms with Gasteiger partial charge in [0.2, 0.25) is 11.1 Å². The minimum Gasteiger partial charge on any atom is -0.301 e. The fourth-order valence-electron chi connectivity index (χ4n) is 2.58. The van der Waals surface area contributed by atoms with Gasteiger partial charge in [0.05, 0.1) is 11.4 Å². The molecule has 10 heteroatoms. The second-order valence-corrected chi connectivity index (χ2v) is 8.48. The summed E-state index contributed by atoms with van der Waals surface area (Å²) < 4.78 is 1.60. The van der Waals surface area contributed by atoms with E-state index in [2.05, 4.69) is 25.8 Å². The van der Waals surface area contributed by atoms with Gasteiger partial charge in [0.15, 0.2) is 5.13 Å². The number of carbonyl (C=O) groups is 1. The Bertz CT molecular complexity index is 1110. The molecule has 2 heterocycles. The zero-order valence-corrected chi connectivity index (χ0v) is 17.4. The average molecular weight is 443 g/mol. The van der Waals surface area contributed by atoms with E-state index < -0.39 is 0 Å². The van der Waals surface area contributed by atoms with E-state index in [9.17, 15) is 4.79 Å². The molecule has 0 fully saturated rings. The molecular weight excluding hydrogens is 428 g/mol. The summed E-state index contributed by atoms with van der Waals surface area (Å²) in [6.45, 7) is 0. The normalized spacial score (nSPS) is 10.8. The van der Waals surface area contributed by atoms with E-state index in [0.29, 0.717) is 21.7 Å². The number of rotatable bonds is 7. The first-order chi connectivity index (χ1) is 14.2. The molecule has 0 saturated heterocycles. The fraction of sp³-hybridized carbons (Fsp3) is 0.105. The van der Waals surface area contributed by atoms with Crippen LogP contribution in [-0.2, 0) is 11.2 Å². The Morgan fingerprint density at radius 3 is 2.86 bits per heavy atom. The molecule has 1 N–H and O–H groups in total. The van der Waals surface area contributed by atoms with Gasteiger partial charge in [-0.1, -0.05) is 53.7 Å². The number of para-hydroxylation sites is 1. The highest BCUT2D eigenvalue weighted by atomic mass is 35.5. The molecule has 0 aliphatic heterocycles. The third kappa shape index (κ3) is 5.20. The van der Waals surface area contributed by atoms with Gasteiger partial charge in [-0.2, -0.15) is 4.68 Å². The van der Waals surface area contributed by atoms with Gasteiger partial charge >= 0.3 is 0 Å². The summed E-state index contributed by atoms with van der Waals surface area (Å²) in [5.74, 6) is 0.0115. The van der Waals surface area contributed by atoms with Crippen molar-refractivity contribution in [1.82, 2.24) is 25.2 Å². The second-order valence-electron chi connectivity index (χ2n) is 5.98. The number of nitrogens with one attached hydrogen (secondary N) is 1. The molecule has 2 aromatic heterocycles. The van der Waals surface area contributed by atoms with Crippen LogP contribution in [0.5, 0.6) is 0 Å². The highest BCUT2D eigenvalue weighted by molar-refractivity contribution is 7.99. The number of nitrogens with zero attached hydrogens (tertiary/aromatic N) is 5. The maximum Gasteiger partial charge on any atom is 0.236 e. The number of hydrogen-bond acceptors (Lipinski definition) is 7. The Morgan fingerprint density at radius 1 is 1.17 bits per heavy atom. The maximum absolute atomic E-state index is 12.3. The van der Waals surface area contributed by atoms with E-state index >= 15 is 0 Å². The van der Waals surface area contributed by atoms with Crippen LogP contribution in [-0.4, -0.2) is 36.9 Å². The Kier molecular flexibility index (Phi) is 6.18. The topological polar surface area (TPSA) is 85.6 Å². The Hall–Kier alpha value is -2.75. The number of tetrazole rings is 1. The Balaban J connectivity index is 1.33. The van der Waals surface area contributed by atoms with Crippen LogP contribution in [0.15, 0.2) is 66.0 Å². The second kappa shape index (κ2) is 9.17. The van der Waals surface area contributed by atoms with Crippen molar-refractivity contribution in [3.8, 4) is 5.69 Å². The lowest BCUT2D eigenvalue weighted by Crippen LogP contribution is -2.14. The number of aromatic nitrogens is 5. The third-order valence-electron chi connectivity index (χ3n) is 3.84. The van der Waals surface area contributed by atoms with Gasteiger partial charge in [0.1, 0.15) is 0 Å². The highest BCUT2D eigenvalue weighted by Crippen LogP contribution is 2.23. The highest BCUT2D eigenvalue weighted by Gasteiger charge is 2.13. The van der Waals surface area contributed by atoms with Gasteiger partial charge in [-0.05, 0) is 40.3 Å². The monoisotopic (exact) mass is 442 g/mol. The number of amides is 1. The molecular formula is C19H15ClN6OS2. The number of hydrogen-bond donors (Lipinski definition) is 1. The standard InChI is InChI=1S/C19H15ClN6OS2/c20-14-6-4-5-13(9-14)10-16-11-21-18(29-16)22-17(27)12-28-19-23-24-25-26(19)15-7-2-1-3-8-15/h1-9,11H,10,12H2,(H,21,22,27). The molecule has 2 aromatic carbocycles. The van der Waals surface area contributed by atoms with Crippen molar-refractivity contribution in [2.45, 2.75) is 11.6 Å². The molecule has 4 aromatic rings. The first-order valence-corrected chi connectivity index (χ1v) is 10.8. The van der Waals surface area contributed by atoms with Crippen LogP contribution in [0.4, 0.5) is 5.13 Å². The van der Waals surface area contributed by atoms with E-state index in [1.165, 1.54) is 23.1 Å². The van der Waals surface area contributed by atoms with Gasteiger partial charge < -0.3 is 5.32 Å². The summed E-state index contributed by atoms with van der Waals surface area (Å²) in [6.07, 6.45) is 2.49. The predicted molar refractivity (Wildman–Crippen MR) is 115 cm³/mol. The molecule has 0 radical (unpaired) electrons. The molecule has 146 valence electrons. The van der Waals surface area contributed by atoms with Crippen LogP contribution in [0.25, 0.3) is 5.69 Å². The SMILES string of the molecule is O=C(CSc1nnnn1-c1ccccc1)Nc1ncc(Cc2cccc(Cl)c2)s1. The Labute approximate surface area is 180 Å². The van der Waals surface area contributed by atoms with E-state index in [-0.39, 0.29) is 11.7 Å². The number of anilines is 1. The van der Waals surface area contributed by atoms with Gasteiger partial charge in [-0.15, -0.1) is 16.4 Å². The molecule has 29 heavy (non-hydrogen) atoms. The van der Waals surface area contributed by atoms with Crippen LogP contribution in [0.2, 0.25) is 5.02 Å². The molecule has 0 unspecified atom stereocenters. The summed E-state index contributed by atoms with van der Waals surface area (Å²) in [7, 11) is 0. The molecule has 4 rings (SSSR count). The van der Waals surface area contributed by atoms with E-state index in [4.69, 9.17) is 11.6 Å². The first-order valence-electron chi connectivity index (χ1n) is 8.63. The fourth-order valence-corrected chi connectivity index (χ4v) is 4.35. The molecule has 0 bridgehead atoms. The quantitative estimate of drug-likeness (QED) is 0.434. The molecule has 7 nitrogen and oxygen atoms in total. The largest absolute Gasteiger partial charge is 0.301 e. The lowest BCUT2D eigenvalue weighted by Gasteiger charge is -2.04. The van der Waals surface area contributed by atoms with E-state index in [0.717, 1.165) is 16.1 Å². The van der Waals surface area contributed by atoms with Crippen molar-refractivity contribution in [3.63, 3.8) is 0 Å². The van der Waals surface area contributed by atoms with E-state index in [1.54, 1.807) is 10.9 Å². The summed E-state index contributed by atoms with van der Waals surface area (Å²) >= 11 is 8.73. The molecule has 1 amide bonds.